The summed E-state index contributed by atoms with van der Waals surface area (Å²) in [6, 6.07) is 27.4. The molecule has 0 atom stereocenters. The normalized spacial score (nSPS) is 16.1. The Bertz CT molecular complexity index is 1420. The van der Waals surface area contributed by atoms with Gasteiger partial charge in [0.1, 0.15) is 30.5 Å². The van der Waals surface area contributed by atoms with E-state index in [0.29, 0.717) is 43.3 Å². The molecule has 4 aromatic carbocycles. The number of hydrogen-bond donors (Lipinski definition) is 1. The van der Waals surface area contributed by atoms with Crippen LogP contribution in [0.15, 0.2) is 84.9 Å². The summed E-state index contributed by atoms with van der Waals surface area (Å²) in [5.41, 5.74) is 5.13. The van der Waals surface area contributed by atoms with Gasteiger partial charge in [-0.25, -0.2) is 4.39 Å². The summed E-state index contributed by atoms with van der Waals surface area (Å²) < 4.78 is 28.1. The number of hydrogen-bond acceptors (Lipinski definition) is 3. The van der Waals surface area contributed by atoms with Gasteiger partial charge in [-0.15, -0.1) is 0 Å². The molecule has 0 aliphatic heterocycles. The third kappa shape index (κ3) is 5.06. The summed E-state index contributed by atoms with van der Waals surface area (Å²) in [5.74, 6) is 1.38. The van der Waals surface area contributed by atoms with Crippen LogP contribution in [0.25, 0.3) is 11.1 Å². The van der Waals surface area contributed by atoms with Crippen molar-refractivity contribution in [2.24, 2.45) is 0 Å². The lowest BCUT2D eigenvalue weighted by atomic mass is 9.72. The second-order valence-electron chi connectivity index (χ2n) is 10.7. The fourth-order valence-electron chi connectivity index (χ4n) is 5.32. The van der Waals surface area contributed by atoms with E-state index in [2.05, 4.69) is 0 Å². The van der Waals surface area contributed by atoms with Crippen LogP contribution >= 0.6 is 0 Å². The Hall–Kier alpha value is -3.63. The van der Waals surface area contributed by atoms with Crippen LogP contribution in [0.5, 0.6) is 11.5 Å². The standard InChI is InChI=1S/C34H33FO3/c1-23-17-28(30(34(36)15-8-16-34)19-32(23)37-21-24-9-4-2-5-10-24)29-18-27(26-13-14-26)33(20-31(29)35)38-22-25-11-6-3-7-12-25/h2-7,9-12,17-20,26,36H,8,13-16,21-22H2,1H3. The van der Waals surface area contributed by atoms with Crippen molar-refractivity contribution in [2.45, 2.75) is 63.8 Å². The van der Waals surface area contributed by atoms with Crippen LogP contribution < -0.4 is 9.47 Å². The van der Waals surface area contributed by atoms with E-state index < -0.39 is 5.60 Å². The second-order valence-corrected chi connectivity index (χ2v) is 10.7. The Balaban J connectivity index is 1.36. The van der Waals surface area contributed by atoms with E-state index in [1.165, 1.54) is 6.07 Å². The van der Waals surface area contributed by atoms with Crippen molar-refractivity contribution in [3.05, 3.63) is 119 Å². The lowest BCUT2D eigenvalue weighted by Crippen LogP contribution is -2.34. The molecule has 0 radical (unpaired) electrons. The Labute approximate surface area is 223 Å². The molecule has 2 fully saturated rings. The average Bonchev–Trinajstić information content (AvgIpc) is 3.76. The van der Waals surface area contributed by atoms with Crippen LogP contribution in [0.4, 0.5) is 4.39 Å². The summed E-state index contributed by atoms with van der Waals surface area (Å²) in [4.78, 5) is 0. The predicted molar refractivity (Wildman–Crippen MR) is 148 cm³/mol. The molecule has 0 bridgehead atoms. The molecule has 3 nitrogen and oxygen atoms in total. The third-order valence-electron chi connectivity index (χ3n) is 7.88. The largest absolute Gasteiger partial charge is 0.489 e. The second kappa shape index (κ2) is 10.3. The zero-order valence-electron chi connectivity index (χ0n) is 21.8. The van der Waals surface area contributed by atoms with Gasteiger partial charge < -0.3 is 14.6 Å². The van der Waals surface area contributed by atoms with E-state index in [-0.39, 0.29) is 5.82 Å². The monoisotopic (exact) mass is 508 g/mol. The quantitative estimate of drug-likeness (QED) is 0.248. The first-order valence-corrected chi connectivity index (χ1v) is 13.5. The lowest BCUT2D eigenvalue weighted by Gasteiger charge is -2.39. The maximum Gasteiger partial charge on any atom is 0.134 e. The molecule has 0 heterocycles. The van der Waals surface area contributed by atoms with Crippen LogP contribution in [-0.4, -0.2) is 5.11 Å². The van der Waals surface area contributed by atoms with E-state index >= 15 is 4.39 Å². The molecule has 1 N–H and O–H groups in total. The molecule has 2 saturated carbocycles. The van der Waals surface area contributed by atoms with Crippen molar-refractivity contribution >= 4 is 0 Å². The zero-order chi connectivity index (χ0) is 26.1. The highest BCUT2D eigenvalue weighted by atomic mass is 19.1. The van der Waals surface area contributed by atoms with E-state index in [0.717, 1.165) is 58.4 Å². The topological polar surface area (TPSA) is 38.7 Å². The molecule has 4 heteroatoms. The predicted octanol–water partition coefficient (Wildman–Crippen LogP) is 8.21. The molecule has 0 saturated heterocycles. The van der Waals surface area contributed by atoms with Crippen molar-refractivity contribution in [3.63, 3.8) is 0 Å². The van der Waals surface area contributed by atoms with Gasteiger partial charge >= 0.3 is 0 Å². The number of aryl methyl sites for hydroxylation is 1. The highest BCUT2D eigenvalue weighted by molar-refractivity contribution is 5.74. The van der Waals surface area contributed by atoms with Crippen molar-refractivity contribution in [3.8, 4) is 22.6 Å². The van der Waals surface area contributed by atoms with Gasteiger partial charge in [-0.3, -0.25) is 0 Å². The highest BCUT2D eigenvalue weighted by Gasteiger charge is 2.39. The number of rotatable bonds is 9. The Morgan fingerprint density at radius 3 is 1.95 bits per heavy atom. The lowest BCUT2D eigenvalue weighted by molar-refractivity contribution is -0.0384. The van der Waals surface area contributed by atoms with Gasteiger partial charge in [-0.1, -0.05) is 60.7 Å². The summed E-state index contributed by atoms with van der Waals surface area (Å²) in [6.07, 6.45) is 4.43. The van der Waals surface area contributed by atoms with Crippen molar-refractivity contribution in [2.75, 3.05) is 0 Å². The van der Waals surface area contributed by atoms with Crippen LogP contribution in [0.3, 0.4) is 0 Å². The minimum atomic E-state index is -0.970. The first-order valence-electron chi connectivity index (χ1n) is 13.5. The molecule has 0 spiro atoms. The first kappa shape index (κ1) is 24.7. The average molecular weight is 509 g/mol. The molecular formula is C34H33FO3. The van der Waals surface area contributed by atoms with E-state index in [1.807, 2.05) is 85.8 Å². The molecule has 2 aliphatic carbocycles. The van der Waals surface area contributed by atoms with Gasteiger partial charge in [0, 0.05) is 11.6 Å². The molecule has 4 aromatic rings. The molecule has 0 amide bonds. The third-order valence-corrected chi connectivity index (χ3v) is 7.88. The minimum Gasteiger partial charge on any atom is -0.489 e. The molecule has 0 aromatic heterocycles. The van der Waals surface area contributed by atoms with Crippen LogP contribution in [0.2, 0.25) is 0 Å². The summed E-state index contributed by atoms with van der Waals surface area (Å²) in [5, 5.41) is 11.5. The van der Waals surface area contributed by atoms with Crippen LogP contribution in [-0.2, 0) is 18.8 Å². The fourth-order valence-corrected chi connectivity index (χ4v) is 5.32. The van der Waals surface area contributed by atoms with Gasteiger partial charge in [0.25, 0.3) is 0 Å². The van der Waals surface area contributed by atoms with Gasteiger partial charge in [-0.2, -0.15) is 0 Å². The molecular weight excluding hydrogens is 475 g/mol. The fraction of sp³-hybridized carbons (Fsp3) is 0.294. The van der Waals surface area contributed by atoms with Gasteiger partial charge in [0.05, 0.1) is 5.60 Å². The Morgan fingerprint density at radius 1 is 0.789 bits per heavy atom. The first-order chi connectivity index (χ1) is 18.5. The van der Waals surface area contributed by atoms with Gasteiger partial charge in [-0.05, 0) is 96.5 Å². The van der Waals surface area contributed by atoms with Crippen LogP contribution in [0, 0.1) is 12.7 Å². The van der Waals surface area contributed by atoms with Crippen LogP contribution in [0.1, 0.15) is 65.8 Å². The van der Waals surface area contributed by atoms with Gasteiger partial charge in [0.15, 0.2) is 0 Å². The van der Waals surface area contributed by atoms with Crippen molar-refractivity contribution in [1.82, 2.24) is 0 Å². The summed E-state index contributed by atoms with van der Waals surface area (Å²) >= 11 is 0. The van der Waals surface area contributed by atoms with Crippen molar-refractivity contribution < 1.29 is 19.0 Å². The smallest absolute Gasteiger partial charge is 0.134 e. The van der Waals surface area contributed by atoms with E-state index in [4.69, 9.17) is 9.47 Å². The zero-order valence-corrected chi connectivity index (χ0v) is 21.8. The molecule has 38 heavy (non-hydrogen) atoms. The van der Waals surface area contributed by atoms with E-state index in [9.17, 15) is 5.11 Å². The number of aliphatic hydroxyl groups is 1. The maximum atomic E-state index is 15.8. The minimum absolute atomic E-state index is 0.334. The maximum absolute atomic E-state index is 15.8. The summed E-state index contributed by atoms with van der Waals surface area (Å²) in [7, 11) is 0. The number of benzene rings is 4. The molecule has 2 aliphatic rings. The molecule has 194 valence electrons. The number of ether oxygens (including phenoxy) is 2. The Morgan fingerprint density at radius 2 is 1.39 bits per heavy atom. The van der Waals surface area contributed by atoms with Gasteiger partial charge in [0.2, 0.25) is 0 Å². The Kier molecular flexibility index (Phi) is 6.67. The SMILES string of the molecule is Cc1cc(-c2cc(C3CC3)c(OCc3ccccc3)cc2F)c(C2(O)CCC2)cc1OCc1ccccc1. The summed E-state index contributed by atoms with van der Waals surface area (Å²) in [6.45, 7) is 2.82. The van der Waals surface area contributed by atoms with E-state index in [1.54, 1.807) is 0 Å². The number of halogens is 1. The highest BCUT2D eigenvalue weighted by Crippen LogP contribution is 2.50. The molecule has 0 unspecified atom stereocenters. The molecule has 6 rings (SSSR count). The van der Waals surface area contributed by atoms with Crippen molar-refractivity contribution in [1.29, 1.82) is 0 Å².